The fourth-order valence-electron chi connectivity index (χ4n) is 2.57. The van der Waals surface area contributed by atoms with E-state index in [1.807, 2.05) is 11.8 Å². The van der Waals surface area contributed by atoms with Crippen molar-refractivity contribution in [1.29, 1.82) is 0 Å². The number of hydrogen-bond donors (Lipinski definition) is 2. The number of nitrogens with zero attached hydrogens (tertiary/aromatic N) is 2. The van der Waals surface area contributed by atoms with E-state index in [2.05, 4.69) is 40.7 Å². The molecule has 1 aliphatic carbocycles. The second kappa shape index (κ2) is 6.98. The zero-order valence-electron chi connectivity index (χ0n) is 12.1. The lowest BCUT2D eigenvalue weighted by Crippen LogP contribution is -2.27. The zero-order valence-corrected chi connectivity index (χ0v) is 12.9. The molecule has 1 fully saturated rings. The molecule has 1 heterocycles. The Bertz CT molecular complexity index is 410. The van der Waals surface area contributed by atoms with Crippen LogP contribution in [0.2, 0.25) is 0 Å². The molecule has 4 nitrogen and oxygen atoms in total. The zero-order chi connectivity index (χ0) is 13.7. The monoisotopic (exact) mass is 280 g/mol. The Morgan fingerprint density at radius 1 is 1.32 bits per heavy atom. The van der Waals surface area contributed by atoms with Gasteiger partial charge in [-0.1, -0.05) is 13.3 Å². The summed E-state index contributed by atoms with van der Waals surface area (Å²) in [6, 6.07) is 0.544. The van der Waals surface area contributed by atoms with Gasteiger partial charge in [0, 0.05) is 23.4 Å². The van der Waals surface area contributed by atoms with Crippen molar-refractivity contribution in [2.75, 3.05) is 23.4 Å². The molecule has 0 aliphatic heterocycles. The molecule has 0 spiro atoms. The van der Waals surface area contributed by atoms with Gasteiger partial charge in [0.25, 0.3) is 0 Å². The summed E-state index contributed by atoms with van der Waals surface area (Å²) in [5, 5.41) is 7.68. The van der Waals surface area contributed by atoms with Crippen LogP contribution in [0.25, 0.3) is 0 Å². The molecule has 2 atom stereocenters. The van der Waals surface area contributed by atoms with Crippen LogP contribution in [-0.4, -0.2) is 34.1 Å². The van der Waals surface area contributed by atoms with E-state index in [0.717, 1.165) is 30.2 Å². The van der Waals surface area contributed by atoms with E-state index >= 15 is 0 Å². The van der Waals surface area contributed by atoms with Crippen LogP contribution in [0.1, 0.15) is 38.2 Å². The number of thioether (sulfide) groups is 1. The smallest absolute Gasteiger partial charge is 0.134 e. The summed E-state index contributed by atoms with van der Waals surface area (Å²) >= 11 is 1.96. The molecule has 19 heavy (non-hydrogen) atoms. The third kappa shape index (κ3) is 3.53. The Labute approximate surface area is 120 Å². The van der Waals surface area contributed by atoms with E-state index in [0.29, 0.717) is 11.3 Å². The van der Waals surface area contributed by atoms with Gasteiger partial charge in [-0.25, -0.2) is 9.97 Å². The number of rotatable bonds is 6. The minimum atomic E-state index is 0.544. The van der Waals surface area contributed by atoms with Gasteiger partial charge in [0.15, 0.2) is 0 Å². The van der Waals surface area contributed by atoms with Gasteiger partial charge >= 0.3 is 0 Å². The molecule has 0 saturated heterocycles. The van der Waals surface area contributed by atoms with Crippen LogP contribution in [-0.2, 0) is 0 Å². The third-order valence-corrected chi connectivity index (χ3v) is 4.87. The van der Waals surface area contributed by atoms with Crippen LogP contribution in [0.4, 0.5) is 11.6 Å². The summed E-state index contributed by atoms with van der Waals surface area (Å²) in [5.74, 6) is 1.94. The molecule has 0 bridgehead atoms. The molecule has 1 aliphatic rings. The number of hydrogen-bond acceptors (Lipinski definition) is 5. The van der Waals surface area contributed by atoms with Crippen LogP contribution in [0.3, 0.4) is 0 Å². The highest BCUT2D eigenvalue weighted by atomic mass is 32.2. The molecular weight excluding hydrogens is 256 g/mol. The van der Waals surface area contributed by atoms with E-state index in [4.69, 9.17) is 0 Å². The molecular formula is C14H24N4S. The average molecular weight is 280 g/mol. The van der Waals surface area contributed by atoms with Crippen molar-refractivity contribution in [1.82, 2.24) is 9.97 Å². The minimum absolute atomic E-state index is 0.544. The predicted molar refractivity (Wildman–Crippen MR) is 84.1 cm³/mol. The quantitative estimate of drug-likeness (QED) is 0.837. The van der Waals surface area contributed by atoms with Crippen molar-refractivity contribution in [2.24, 2.45) is 0 Å². The molecule has 5 heteroatoms. The highest BCUT2D eigenvalue weighted by Gasteiger charge is 2.27. The molecule has 2 unspecified atom stereocenters. The first-order valence-electron chi connectivity index (χ1n) is 7.11. The molecule has 106 valence electrons. The summed E-state index contributed by atoms with van der Waals surface area (Å²) < 4.78 is 0. The van der Waals surface area contributed by atoms with Crippen molar-refractivity contribution < 1.29 is 0 Å². The van der Waals surface area contributed by atoms with E-state index in [1.165, 1.54) is 19.3 Å². The second-order valence-corrected chi connectivity index (χ2v) is 6.16. The Morgan fingerprint density at radius 3 is 2.84 bits per heavy atom. The summed E-state index contributed by atoms with van der Waals surface area (Å²) in [6.07, 6.45) is 8.82. The highest BCUT2D eigenvalue weighted by molar-refractivity contribution is 7.99. The Morgan fingerprint density at radius 2 is 2.11 bits per heavy atom. The first kappa shape index (κ1) is 14.4. The molecule has 0 aromatic carbocycles. The topological polar surface area (TPSA) is 49.8 Å². The van der Waals surface area contributed by atoms with Crippen molar-refractivity contribution >= 4 is 23.4 Å². The fraction of sp³-hybridized carbons (Fsp3) is 0.714. The lowest BCUT2D eigenvalue weighted by molar-refractivity contribution is 0.761. The molecule has 2 N–H and O–H groups in total. The number of nitrogens with one attached hydrogen (secondary N) is 2. The molecule has 1 saturated carbocycles. The normalized spacial score (nSPS) is 22.5. The van der Waals surface area contributed by atoms with Crippen LogP contribution < -0.4 is 10.6 Å². The maximum atomic E-state index is 4.41. The third-order valence-electron chi connectivity index (χ3n) is 3.70. The lowest BCUT2D eigenvalue weighted by Gasteiger charge is -2.21. The van der Waals surface area contributed by atoms with Crippen LogP contribution >= 0.6 is 11.8 Å². The number of anilines is 2. The summed E-state index contributed by atoms with van der Waals surface area (Å²) in [7, 11) is 0. The maximum Gasteiger partial charge on any atom is 0.134 e. The van der Waals surface area contributed by atoms with Gasteiger partial charge in [0.05, 0.1) is 0 Å². The second-order valence-electron chi connectivity index (χ2n) is 5.08. The molecule has 0 amide bonds. The van der Waals surface area contributed by atoms with Gasteiger partial charge in [0.1, 0.15) is 18.0 Å². The van der Waals surface area contributed by atoms with Gasteiger partial charge in [-0.15, -0.1) is 0 Å². The molecule has 2 rings (SSSR count). The molecule has 1 aromatic rings. The standard InChI is InChI=1S/C14H24N4S/c1-4-8-15-13-10(2)14(17-9-16-13)18-11-6-5-7-12(11)19-3/h9,11-12H,4-8H2,1-3H3,(H2,15,16,17,18). The van der Waals surface area contributed by atoms with Crippen LogP contribution in [0.15, 0.2) is 6.33 Å². The van der Waals surface area contributed by atoms with Crippen molar-refractivity contribution in [2.45, 2.75) is 50.8 Å². The van der Waals surface area contributed by atoms with Gasteiger partial charge in [-0.05, 0) is 32.4 Å². The maximum absolute atomic E-state index is 4.41. The Balaban J connectivity index is 2.07. The first-order chi connectivity index (χ1) is 9.26. The minimum Gasteiger partial charge on any atom is -0.370 e. The SMILES string of the molecule is CCCNc1ncnc(NC2CCCC2SC)c1C. The Kier molecular flexibility index (Phi) is 5.31. The summed E-state index contributed by atoms with van der Waals surface area (Å²) in [5.41, 5.74) is 1.13. The average Bonchev–Trinajstić information content (AvgIpc) is 2.87. The summed E-state index contributed by atoms with van der Waals surface area (Å²) in [6.45, 7) is 5.20. The fourth-order valence-corrected chi connectivity index (χ4v) is 3.50. The van der Waals surface area contributed by atoms with Gasteiger partial charge in [-0.2, -0.15) is 11.8 Å². The highest BCUT2D eigenvalue weighted by Crippen LogP contribution is 2.31. The van der Waals surface area contributed by atoms with E-state index in [1.54, 1.807) is 6.33 Å². The van der Waals surface area contributed by atoms with Gasteiger partial charge in [-0.3, -0.25) is 0 Å². The van der Waals surface area contributed by atoms with E-state index in [9.17, 15) is 0 Å². The van der Waals surface area contributed by atoms with Crippen LogP contribution in [0, 0.1) is 6.92 Å². The van der Waals surface area contributed by atoms with E-state index < -0.39 is 0 Å². The Hall–Kier alpha value is -0.970. The van der Waals surface area contributed by atoms with Crippen molar-refractivity contribution in [3.8, 4) is 0 Å². The van der Waals surface area contributed by atoms with Gasteiger partial charge < -0.3 is 10.6 Å². The molecule has 0 radical (unpaired) electrons. The van der Waals surface area contributed by atoms with Gasteiger partial charge in [0.2, 0.25) is 0 Å². The first-order valence-corrected chi connectivity index (χ1v) is 8.39. The van der Waals surface area contributed by atoms with Crippen LogP contribution in [0.5, 0.6) is 0 Å². The largest absolute Gasteiger partial charge is 0.370 e. The number of aromatic nitrogens is 2. The predicted octanol–water partition coefficient (Wildman–Crippen LogP) is 3.30. The van der Waals surface area contributed by atoms with Crippen molar-refractivity contribution in [3.05, 3.63) is 11.9 Å². The van der Waals surface area contributed by atoms with E-state index in [-0.39, 0.29) is 0 Å². The lowest BCUT2D eigenvalue weighted by atomic mass is 10.2. The van der Waals surface area contributed by atoms with Crippen molar-refractivity contribution in [3.63, 3.8) is 0 Å². The summed E-state index contributed by atoms with van der Waals surface area (Å²) in [4.78, 5) is 8.73. The molecule has 1 aromatic heterocycles.